The summed E-state index contributed by atoms with van der Waals surface area (Å²) in [4.78, 5) is 42.1. The van der Waals surface area contributed by atoms with Crippen LogP contribution in [0.15, 0.2) is 42.7 Å². The highest BCUT2D eigenvalue weighted by atomic mass is 19.4. The minimum Gasteiger partial charge on any atom is -0.490 e. The van der Waals surface area contributed by atoms with Crippen molar-refractivity contribution in [3.63, 3.8) is 0 Å². The molecule has 2 aliphatic carbocycles. The number of carbonyl (C=O) groups is 2. The van der Waals surface area contributed by atoms with Crippen molar-refractivity contribution in [1.82, 2.24) is 15.0 Å². The van der Waals surface area contributed by atoms with Gasteiger partial charge in [-0.1, -0.05) is 19.9 Å². The summed E-state index contributed by atoms with van der Waals surface area (Å²) in [6, 6.07) is 2.20. The topological polar surface area (TPSA) is 144 Å². The number of aromatic nitrogens is 3. The smallest absolute Gasteiger partial charge is 0.416 e. The van der Waals surface area contributed by atoms with Crippen LogP contribution in [0, 0.1) is 11.2 Å². The third-order valence-corrected chi connectivity index (χ3v) is 12.0. The Kier molecular flexibility index (Phi) is 11.5. The van der Waals surface area contributed by atoms with Crippen molar-refractivity contribution in [2.75, 3.05) is 24.6 Å². The second-order valence-electron chi connectivity index (χ2n) is 17.6. The summed E-state index contributed by atoms with van der Waals surface area (Å²) in [5.41, 5.74) is -2.03. The first-order valence-electron chi connectivity index (χ1n) is 20.1. The first-order valence-corrected chi connectivity index (χ1v) is 20.1. The fraction of sp³-hybridized carbons (Fsp3) is 0.558. The summed E-state index contributed by atoms with van der Waals surface area (Å²) >= 11 is 0. The molecule has 0 unspecified atom stereocenters. The third-order valence-electron chi connectivity index (χ3n) is 12.0. The number of alkyl halides is 5. The van der Waals surface area contributed by atoms with E-state index in [1.165, 1.54) is 12.4 Å². The molecule has 2 aromatic heterocycles. The van der Waals surface area contributed by atoms with Gasteiger partial charge in [-0.15, -0.1) is 0 Å². The highest BCUT2D eigenvalue weighted by Gasteiger charge is 2.60. The van der Waals surface area contributed by atoms with Gasteiger partial charge in [0.1, 0.15) is 5.82 Å². The summed E-state index contributed by atoms with van der Waals surface area (Å²) in [7, 11) is 0. The molecule has 11 nitrogen and oxygen atoms in total. The van der Waals surface area contributed by atoms with Crippen molar-refractivity contribution < 1.29 is 60.4 Å². The second kappa shape index (κ2) is 15.9. The van der Waals surface area contributed by atoms with Crippen LogP contribution in [0.5, 0.6) is 5.75 Å². The Bertz CT molecular complexity index is 2140. The number of aliphatic hydroxyl groups is 2. The standard InChI is InChI=1S/C43H48F6N4O7/c1-39(2)21-31-35(42(57)37(39)59-32(54)7-8-33(55)60-42)34(24-9-13-41(45,46)14-10-24)29(19-26-5-6-27(20-30(26)44)43(47,48)49)36(52-31)25-11-16-53(17-12-25)38-50-22-28(23-51-38)58-18-15-40(3,4)56/h5-8,20,22-25,37,56-57H,9-19,21H2,1-4H3/b8-7-/t37-,42-/m0/s1. The van der Waals surface area contributed by atoms with Gasteiger partial charge in [-0.2, -0.15) is 13.2 Å². The maximum atomic E-state index is 15.8. The van der Waals surface area contributed by atoms with E-state index < -0.39 is 77.1 Å². The number of piperidine rings is 1. The molecule has 0 amide bonds. The normalized spacial score (nSPS) is 24.1. The molecule has 1 aromatic carbocycles. The van der Waals surface area contributed by atoms with E-state index >= 15 is 4.39 Å². The zero-order valence-electron chi connectivity index (χ0n) is 33.8. The molecule has 3 aromatic rings. The summed E-state index contributed by atoms with van der Waals surface area (Å²) in [5, 5.41) is 22.7. The Morgan fingerprint density at radius 3 is 2.23 bits per heavy atom. The van der Waals surface area contributed by atoms with Crippen LogP contribution in [0.1, 0.15) is 124 Å². The molecule has 60 heavy (non-hydrogen) atoms. The molecule has 0 bridgehead atoms. The van der Waals surface area contributed by atoms with Crippen LogP contribution in [0.4, 0.5) is 32.3 Å². The van der Waals surface area contributed by atoms with Crippen molar-refractivity contribution in [1.29, 1.82) is 0 Å². The number of nitrogens with zero attached hydrogens (tertiary/aromatic N) is 4. The van der Waals surface area contributed by atoms with Crippen LogP contribution in [0.25, 0.3) is 0 Å². The number of esters is 2. The van der Waals surface area contributed by atoms with Crippen LogP contribution < -0.4 is 9.64 Å². The van der Waals surface area contributed by atoms with E-state index in [-0.39, 0.29) is 60.6 Å². The van der Waals surface area contributed by atoms with Gasteiger partial charge in [0.15, 0.2) is 11.9 Å². The summed E-state index contributed by atoms with van der Waals surface area (Å²) in [5.74, 6) is -9.01. The van der Waals surface area contributed by atoms with Gasteiger partial charge in [0, 0.05) is 68.0 Å². The molecule has 0 spiro atoms. The lowest BCUT2D eigenvalue weighted by Gasteiger charge is -2.49. The van der Waals surface area contributed by atoms with Crippen LogP contribution in [-0.2, 0) is 43.9 Å². The third kappa shape index (κ3) is 9.11. The minimum absolute atomic E-state index is 0.0414. The van der Waals surface area contributed by atoms with Gasteiger partial charge in [-0.3, -0.25) is 4.98 Å². The monoisotopic (exact) mass is 846 g/mol. The molecule has 7 rings (SSSR count). The number of halogens is 6. The number of hydrogen-bond acceptors (Lipinski definition) is 11. The number of rotatable bonds is 9. The molecule has 1 saturated heterocycles. The number of hydrogen-bond donors (Lipinski definition) is 2. The molecule has 2 atom stereocenters. The Hall–Kier alpha value is -4.77. The first-order chi connectivity index (χ1) is 28.0. The molecule has 2 N–H and O–H groups in total. The lowest BCUT2D eigenvalue weighted by Crippen LogP contribution is -2.58. The van der Waals surface area contributed by atoms with Gasteiger partial charge < -0.3 is 29.3 Å². The van der Waals surface area contributed by atoms with Gasteiger partial charge in [-0.05, 0) is 80.7 Å². The van der Waals surface area contributed by atoms with Crippen LogP contribution in [-0.4, -0.2) is 74.4 Å². The van der Waals surface area contributed by atoms with Crippen molar-refractivity contribution in [2.24, 2.45) is 5.41 Å². The highest BCUT2D eigenvalue weighted by Crippen LogP contribution is 2.54. The van der Waals surface area contributed by atoms with Crippen LogP contribution in [0.2, 0.25) is 0 Å². The number of ether oxygens (including phenoxy) is 3. The Morgan fingerprint density at radius 2 is 1.62 bits per heavy atom. The lowest BCUT2D eigenvalue weighted by molar-refractivity contribution is -0.284. The van der Waals surface area contributed by atoms with Crippen molar-refractivity contribution in [3.05, 3.63) is 87.8 Å². The number of benzene rings is 1. The zero-order chi connectivity index (χ0) is 43.4. The van der Waals surface area contributed by atoms with Gasteiger partial charge >= 0.3 is 18.1 Å². The van der Waals surface area contributed by atoms with E-state index in [4.69, 9.17) is 19.2 Å². The molecule has 4 heterocycles. The van der Waals surface area contributed by atoms with Gasteiger partial charge in [0.25, 0.3) is 5.79 Å². The maximum absolute atomic E-state index is 15.8. The van der Waals surface area contributed by atoms with E-state index in [0.29, 0.717) is 61.4 Å². The fourth-order valence-electron chi connectivity index (χ4n) is 8.93. The maximum Gasteiger partial charge on any atom is 0.416 e. The van der Waals surface area contributed by atoms with Crippen LogP contribution >= 0.6 is 0 Å². The summed E-state index contributed by atoms with van der Waals surface area (Å²) in [6.45, 7) is 7.88. The van der Waals surface area contributed by atoms with Gasteiger partial charge in [0.05, 0.1) is 41.4 Å². The number of pyridine rings is 1. The van der Waals surface area contributed by atoms with E-state index in [1.807, 2.05) is 4.90 Å². The molecule has 2 aliphatic heterocycles. The molecular weight excluding hydrogens is 798 g/mol. The molecule has 324 valence electrons. The molecule has 17 heteroatoms. The van der Waals surface area contributed by atoms with Gasteiger partial charge in [-0.25, -0.2) is 32.7 Å². The molecule has 4 aliphatic rings. The fourth-order valence-corrected chi connectivity index (χ4v) is 8.93. The summed E-state index contributed by atoms with van der Waals surface area (Å²) < 4.78 is 104. The number of fused-ring (bicyclic) bond motifs is 3. The average Bonchev–Trinajstić information content (AvgIpc) is 3.15. The lowest BCUT2D eigenvalue weighted by atomic mass is 9.65. The Balaban J connectivity index is 1.33. The van der Waals surface area contributed by atoms with E-state index in [2.05, 4.69) is 9.97 Å². The SMILES string of the molecule is CC(C)(O)CCOc1cnc(N2CCC(c3nc4c(c(C5CCC(F)(F)CC5)c3Cc3ccc(C(F)(F)F)cc3F)[C@]3(O)OC(=O)/C=C\C(=O)O[C@H]3C(C)(C)C4)CC2)nc1. The summed E-state index contributed by atoms with van der Waals surface area (Å²) in [6.07, 6.45) is -1.73. The first kappa shape index (κ1) is 43.3. The van der Waals surface area contributed by atoms with Crippen LogP contribution in [0.3, 0.4) is 0 Å². The largest absolute Gasteiger partial charge is 0.490 e. The highest BCUT2D eigenvalue weighted by molar-refractivity contribution is 5.92. The zero-order valence-corrected chi connectivity index (χ0v) is 33.8. The molecule has 0 radical (unpaired) electrons. The predicted molar refractivity (Wildman–Crippen MR) is 204 cm³/mol. The van der Waals surface area contributed by atoms with Crippen molar-refractivity contribution in [2.45, 2.75) is 127 Å². The van der Waals surface area contributed by atoms with E-state index in [0.717, 1.165) is 24.3 Å². The Labute approximate surface area is 343 Å². The molecule has 1 saturated carbocycles. The second-order valence-corrected chi connectivity index (χ2v) is 17.6. The minimum atomic E-state index is -4.82. The van der Waals surface area contributed by atoms with E-state index in [9.17, 15) is 41.8 Å². The van der Waals surface area contributed by atoms with Crippen molar-refractivity contribution >= 4 is 17.9 Å². The quantitative estimate of drug-likeness (QED) is 0.162. The average molecular weight is 847 g/mol. The van der Waals surface area contributed by atoms with E-state index in [1.54, 1.807) is 27.7 Å². The predicted octanol–water partition coefficient (Wildman–Crippen LogP) is 7.59. The van der Waals surface area contributed by atoms with Gasteiger partial charge in [0.2, 0.25) is 11.9 Å². The number of anilines is 1. The number of carbonyl (C=O) groups excluding carboxylic acids is 2. The Morgan fingerprint density at radius 1 is 0.967 bits per heavy atom. The molecule has 2 fully saturated rings. The molecular formula is C43H48F6N4O7. The van der Waals surface area contributed by atoms with Crippen molar-refractivity contribution in [3.8, 4) is 5.75 Å².